The third kappa shape index (κ3) is 46.8. The quantitative estimate of drug-likeness (QED) is 0.0471. The van der Waals surface area contributed by atoms with E-state index in [1.165, 1.54) is 55.0 Å². The third-order valence-electron chi connectivity index (χ3n) is 11.3. The molecular formula is C68H105Br3N18O5Si5. The first-order valence-electron chi connectivity index (χ1n) is 30.7. The number of Topliss-reactive ketones (excluding diaryl/α,β-unsaturated/α-hetero) is 2. The molecule has 7 heterocycles. The van der Waals surface area contributed by atoms with Gasteiger partial charge in [0, 0.05) is 63.2 Å². The number of hydrogen-bond donors (Lipinski definition) is 2. The number of halogens is 3. The molecule has 0 atom stereocenters. The Balaban J connectivity index is -0.000000508. The minimum atomic E-state index is -1.46. The summed E-state index contributed by atoms with van der Waals surface area (Å²) in [5, 5.41) is 0. The van der Waals surface area contributed by atoms with Crippen LogP contribution in [0, 0.1) is 71.5 Å². The molecule has 0 aliphatic carbocycles. The van der Waals surface area contributed by atoms with Gasteiger partial charge in [-0.1, -0.05) is 123 Å². The summed E-state index contributed by atoms with van der Waals surface area (Å²) in [4.78, 5) is 82.2. The van der Waals surface area contributed by atoms with E-state index in [0.29, 0.717) is 23.0 Å². The normalized spacial score (nSPS) is 9.97. The van der Waals surface area contributed by atoms with Crippen LogP contribution in [-0.4, -0.2) is 161 Å². The molecule has 7 aromatic rings. The number of aryl methyl sites for hydroxylation is 3. The number of aromatic nitrogens is 14. The highest BCUT2D eigenvalue weighted by atomic mass is 79.9. The summed E-state index contributed by atoms with van der Waals surface area (Å²) in [6, 6.07) is 0. The molecule has 0 aromatic carbocycles. The molecule has 0 spiro atoms. The van der Waals surface area contributed by atoms with E-state index in [9.17, 15) is 24.0 Å². The second-order valence-corrected chi connectivity index (χ2v) is 52.1. The lowest BCUT2D eigenvalue weighted by Gasteiger charge is -2.13. The van der Waals surface area contributed by atoms with Crippen LogP contribution in [0.1, 0.15) is 99.9 Å². The van der Waals surface area contributed by atoms with Crippen molar-refractivity contribution in [2.24, 2.45) is 65.5 Å². The highest BCUT2D eigenvalue weighted by Gasteiger charge is 2.14. The molecule has 0 radical (unpaired) electrons. The largest absolute Gasteiger partial charge is 0.363 e. The summed E-state index contributed by atoms with van der Waals surface area (Å²) < 4.78 is 18.5. The van der Waals surface area contributed by atoms with Crippen LogP contribution < -0.4 is 11.5 Å². The SMILES string of the molecule is C#C[Si](C)(C)C.C#C[Si](C)(C)C.C#Cc1cnc(C(N)=O)n1C.C#Cc1cnc(C(N)=O)n1C.CC(=O)c1ncc(Br)n1C.CC(=O)c1ncc(C#C[Si](C)(C)C)n1C.CCN(CC)CC.C[Si](C)(C)N=C=O.Cn1cncc1Br.Cn1cncc1Br.Cn1cncc1C#C[Si](C)(C)C. The van der Waals surface area contributed by atoms with E-state index in [4.69, 9.17) is 37.2 Å². The number of ketones is 2. The van der Waals surface area contributed by atoms with Gasteiger partial charge in [-0.3, -0.25) is 19.2 Å². The molecule has 0 saturated carbocycles. The standard InChI is InChI=1S/C11H16N2OSi.C9H14N2Si.2C7H7N3O.C6H7BrN2O.C6H15N.2C5H10Si.2C4H5BrN2.C4H9NOSi/c1-9(14)11-12-8-10(13(11)2)6-7-15(3,4)5;1-11-8-10-7-9(11)5-6-12(2,3)4;2*1-3-5-4-9-7(6(8)11)10(5)2;1-4(10)6-8-3-5(7)9(6)2;1-4-7(5-2)6-3;2*1-5-6(2,3)4;2*1-7-3-6-2-4(7)5;1-7(2,3)5-4-6/h8H,1-5H3;7-8H,1-4H3;2*1,4H,2H3,(H2,8,11);3H,1-2H3;4-6H2,1-3H3;2*1H,2-4H3;2*2-3H,1H3;1-3H3. The van der Waals surface area contributed by atoms with Gasteiger partial charge in [0.15, 0.2) is 43.1 Å². The Morgan fingerprint density at radius 1 is 0.455 bits per heavy atom. The number of imidazole rings is 7. The molecule has 0 fully saturated rings. The van der Waals surface area contributed by atoms with Gasteiger partial charge in [-0.15, -0.1) is 47.9 Å². The van der Waals surface area contributed by atoms with Crippen LogP contribution in [0.4, 0.5) is 0 Å². The Labute approximate surface area is 620 Å². The molecule has 7 aromatic heterocycles. The van der Waals surface area contributed by atoms with Crippen molar-refractivity contribution < 1.29 is 24.0 Å². The van der Waals surface area contributed by atoms with Gasteiger partial charge in [0.25, 0.3) is 11.8 Å². The number of rotatable bonds is 8. The van der Waals surface area contributed by atoms with Crippen LogP contribution in [0.15, 0.2) is 80.8 Å². The fraction of sp³-hybridized carbons (Fsp3) is 0.441. The number of nitrogens with two attached hydrogens (primary N) is 2. The van der Waals surface area contributed by atoms with Crippen molar-refractivity contribution >= 4 is 118 Å². The number of hydrogen-bond acceptors (Lipinski definition) is 14. The second-order valence-electron chi connectivity index (χ2n) is 26.0. The van der Waals surface area contributed by atoms with Crippen LogP contribution in [0.2, 0.25) is 98.2 Å². The predicted molar refractivity (Wildman–Crippen MR) is 428 cm³/mol. The lowest BCUT2D eigenvalue weighted by Crippen LogP contribution is -2.21. The number of nitrogens with zero attached hydrogens (tertiary/aromatic N) is 16. The highest BCUT2D eigenvalue weighted by Crippen LogP contribution is 2.11. The third-order valence-corrected chi connectivity index (χ3v) is 17.8. The Morgan fingerprint density at radius 2 is 0.758 bits per heavy atom. The van der Waals surface area contributed by atoms with Crippen LogP contribution in [0.3, 0.4) is 0 Å². The van der Waals surface area contributed by atoms with Crippen LogP contribution >= 0.6 is 47.8 Å². The molecule has 31 heteroatoms. The van der Waals surface area contributed by atoms with Gasteiger partial charge in [0.05, 0.1) is 62.4 Å². The van der Waals surface area contributed by atoms with E-state index in [0.717, 1.165) is 25.2 Å². The van der Waals surface area contributed by atoms with Crippen molar-refractivity contribution in [1.29, 1.82) is 0 Å². The van der Waals surface area contributed by atoms with Gasteiger partial charge in [0.2, 0.25) is 6.08 Å². The van der Waals surface area contributed by atoms with Gasteiger partial charge in [-0.25, -0.2) is 44.3 Å². The van der Waals surface area contributed by atoms with Crippen LogP contribution in [0.5, 0.6) is 0 Å². The predicted octanol–water partition coefficient (Wildman–Crippen LogP) is 11.8. The summed E-state index contributed by atoms with van der Waals surface area (Å²) in [6.45, 7) is 45.2. The molecule has 538 valence electrons. The molecule has 7 rings (SSSR count). The maximum Gasteiger partial charge on any atom is 0.284 e. The maximum absolute atomic E-state index is 11.2. The molecule has 0 saturated heterocycles. The highest BCUT2D eigenvalue weighted by molar-refractivity contribution is 9.11. The molecule has 99 heavy (non-hydrogen) atoms. The minimum Gasteiger partial charge on any atom is -0.363 e. The smallest absolute Gasteiger partial charge is 0.284 e. The number of terminal acetylenes is 4. The Kier molecular flexibility index (Phi) is 47.9. The van der Waals surface area contributed by atoms with Gasteiger partial charge < -0.3 is 48.3 Å². The van der Waals surface area contributed by atoms with E-state index < -0.39 is 52.3 Å². The molecule has 4 N–H and O–H groups in total. The monoisotopic (exact) mass is 1630 g/mol. The number of carbonyl (C=O) groups excluding carboxylic acids is 5. The Morgan fingerprint density at radius 3 is 0.919 bits per heavy atom. The summed E-state index contributed by atoms with van der Waals surface area (Å²) in [6.07, 6.45) is 38.7. The first-order valence-corrected chi connectivity index (χ1v) is 50.5. The fourth-order valence-corrected chi connectivity index (χ4v) is 7.55. The van der Waals surface area contributed by atoms with Crippen molar-refractivity contribution in [2.45, 2.75) is 133 Å². The van der Waals surface area contributed by atoms with Crippen molar-refractivity contribution in [3.63, 3.8) is 0 Å². The van der Waals surface area contributed by atoms with Crippen molar-refractivity contribution in [3.8, 4) is 71.5 Å². The van der Waals surface area contributed by atoms with E-state index >= 15 is 0 Å². The molecule has 0 aliphatic rings. The van der Waals surface area contributed by atoms with E-state index in [-0.39, 0.29) is 23.2 Å². The molecule has 0 aliphatic heterocycles. The molecular weight excluding hydrogens is 1530 g/mol. The van der Waals surface area contributed by atoms with Crippen molar-refractivity contribution in [1.82, 2.24) is 71.8 Å². The Bertz CT molecular complexity index is 3810. The zero-order valence-electron chi connectivity index (χ0n) is 63.2. The number of amides is 2. The summed E-state index contributed by atoms with van der Waals surface area (Å²) in [5.74, 6) is 11.1. The second kappa shape index (κ2) is 48.7. The minimum absolute atomic E-state index is 0.0202. The zero-order valence-corrected chi connectivity index (χ0v) is 72.9. The maximum atomic E-state index is 11.2. The molecule has 0 unspecified atom stereocenters. The lowest BCUT2D eigenvalue weighted by molar-refractivity contribution is 0.0979. The average molecular weight is 1630 g/mol. The molecule has 23 nitrogen and oxygen atoms in total. The fourth-order valence-electron chi connectivity index (χ4n) is 5.58. The number of primary amides is 2. The summed E-state index contributed by atoms with van der Waals surface area (Å²) in [7, 11) is 6.43. The van der Waals surface area contributed by atoms with Crippen LogP contribution in [-0.2, 0) is 54.1 Å². The molecule has 0 bridgehead atoms. The van der Waals surface area contributed by atoms with Gasteiger partial charge >= 0.3 is 0 Å². The first kappa shape index (κ1) is 97.4. The first-order chi connectivity index (χ1) is 45.4. The van der Waals surface area contributed by atoms with E-state index in [2.05, 4.69) is 237 Å². The zero-order chi connectivity index (χ0) is 78.0. The van der Waals surface area contributed by atoms with Crippen molar-refractivity contribution in [2.75, 3.05) is 19.6 Å². The van der Waals surface area contributed by atoms with Gasteiger partial charge in [-0.2, -0.15) is 0 Å². The van der Waals surface area contributed by atoms with Gasteiger partial charge in [-0.05, 0) is 87.1 Å². The topological polar surface area (TPSA) is 278 Å². The van der Waals surface area contributed by atoms with Crippen molar-refractivity contribution in [3.05, 3.63) is 122 Å². The lowest BCUT2D eigenvalue weighted by atomic mass is 10.4. The van der Waals surface area contributed by atoms with Crippen LogP contribution in [0.25, 0.3) is 0 Å². The summed E-state index contributed by atoms with van der Waals surface area (Å²) >= 11 is 9.76. The molecule has 2 amide bonds. The number of isocyanates is 1. The van der Waals surface area contributed by atoms with E-state index in [1.54, 1.807) is 86.3 Å². The number of carbonyl (C=O) groups is 4. The Hall–Kier alpha value is -8.03. The average Bonchev–Trinajstić information content (AvgIpc) is 1.75. The summed E-state index contributed by atoms with van der Waals surface area (Å²) in [5.41, 5.74) is 24.9. The van der Waals surface area contributed by atoms with Gasteiger partial charge in [0.1, 0.15) is 68.9 Å². The van der Waals surface area contributed by atoms with E-state index in [1.807, 2.05) is 61.5 Å².